The Labute approximate surface area is 189 Å². The van der Waals surface area contributed by atoms with Crippen LogP contribution >= 0.6 is 0 Å². The Bertz CT molecular complexity index is 721. The molecule has 0 aromatic heterocycles. The van der Waals surface area contributed by atoms with Crippen molar-refractivity contribution in [1.29, 1.82) is 0 Å². The summed E-state index contributed by atoms with van der Waals surface area (Å²) in [7, 11) is 0. The first-order valence-electron chi connectivity index (χ1n) is 12.7. The van der Waals surface area contributed by atoms with Crippen LogP contribution in [0.2, 0.25) is 0 Å². The normalized spacial score (nSPS) is 18.8. The lowest BCUT2D eigenvalue weighted by molar-refractivity contribution is 0.190. The van der Waals surface area contributed by atoms with Crippen LogP contribution in [0.5, 0.6) is 5.75 Å². The van der Waals surface area contributed by atoms with Gasteiger partial charge in [-0.1, -0.05) is 102 Å². The largest absolute Gasteiger partial charge is 0.494 e. The third-order valence-corrected chi connectivity index (χ3v) is 7.01. The lowest BCUT2D eigenvalue weighted by atomic mass is 9.74. The fourth-order valence-electron chi connectivity index (χ4n) is 5.15. The van der Waals surface area contributed by atoms with Crippen molar-refractivity contribution in [2.24, 2.45) is 11.8 Å². The average molecular weight is 425 g/mol. The zero-order valence-electron chi connectivity index (χ0n) is 19.5. The number of ether oxygens (including phenoxy) is 1. The highest BCUT2D eigenvalue weighted by molar-refractivity contribution is 5.63. The van der Waals surface area contributed by atoms with E-state index in [2.05, 4.69) is 19.1 Å². The van der Waals surface area contributed by atoms with E-state index in [9.17, 15) is 4.39 Å². The zero-order chi connectivity index (χ0) is 21.7. The van der Waals surface area contributed by atoms with Crippen LogP contribution in [-0.2, 0) is 0 Å². The fraction of sp³-hybridized carbons (Fsp3) is 0.586. The van der Waals surface area contributed by atoms with Crippen molar-refractivity contribution in [2.45, 2.75) is 90.4 Å². The second-order valence-electron chi connectivity index (χ2n) is 9.38. The van der Waals surface area contributed by atoms with Crippen molar-refractivity contribution < 1.29 is 9.13 Å². The van der Waals surface area contributed by atoms with E-state index < -0.39 is 0 Å². The van der Waals surface area contributed by atoms with Gasteiger partial charge in [-0.05, 0) is 60.1 Å². The summed E-state index contributed by atoms with van der Waals surface area (Å²) in [5, 5.41) is 0. The first-order valence-corrected chi connectivity index (χ1v) is 12.7. The molecule has 2 aromatic rings. The summed E-state index contributed by atoms with van der Waals surface area (Å²) in [6.07, 6.45) is 18.1. The first kappa shape index (κ1) is 23.8. The summed E-state index contributed by atoms with van der Waals surface area (Å²) in [6.45, 7) is 3.09. The van der Waals surface area contributed by atoms with Crippen LogP contribution in [-0.4, -0.2) is 6.61 Å². The first-order chi connectivity index (χ1) is 15.3. The van der Waals surface area contributed by atoms with Crippen molar-refractivity contribution >= 4 is 0 Å². The van der Waals surface area contributed by atoms with E-state index in [0.717, 1.165) is 41.7 Å². The maximum Gasteiger partial charge on any atom is 0.123 e. The molecule has 170 valence electrons. The van der Waals surface area contributed by atoms with Crippen LogP contribution in [0.3, 0.4) is 0 Å². The van der Waals surface area contributed by atoms with E-state index >= 15 is 0 Å². The summed E-state index contributed by atoms with van der Waals surface area (Å²) >= 11 is 0. The molecule has 0 N–H and O–H groups in total. The predicted molar refractivity (Wildman–Crippen MR) is 130 cm³/mol. The van der Waals surface area contributed by atoms with Crippen molar-refractivity contribution in [2.75, 3.05) is 6.61 Å². The summed E-state index contributed by atoms with van der Waals surface area (Å²) in [6, 6.07) is 14.8. The minimum absolute atomic E-state index is 0.198. The van der Waals surface area contributed by atoms with E-state index in [1.165, 1.54) is 89.2 Å². The van der Waals surface area contributed by atoms with Crippen molar-refractivity contribution in [1.82, 2.24) is 0 Å². The Hall–Kier alpha value is -1.83. The molecule has 0 radical (unpaired) electrons. The summed E-state index contributed by atoms with van der Waals surface area (Å²) in [4.78, 5) is 0. The van der Waals surface area contributed by atoms with Gasteiger partial charge >= 0.3 is 0 Å². The number of rotatable bonds is 13. The average Bonchev–Trinajstić information content (AvgIpc) is 2.81. The van der Waals surface area contributed by atoms with Gasteiger partial charge in [-0.25, -0.2) is 4.39 Å². The number of unbranched alkanes of at least 4 members (excludes halogenated alkanes) is 5. The van der Waals surface area contributed by atoms with Crippen LogP contribution in [0, 0.1) is 17.7 Å². The molecular weight excluding hydrogens is 383 g/mol. The molecule has 2 unspecified atom stereocenters. The van der Waals surface area contributed by atoms with Gasteiger partial charge in [0.25, 0.3) is 0 Å². The van der Waals surface area contributed by atoms with Crippen LogP contribution in [0.25, 0.3) is 11.1 Å². The molecule has 1 saturated carbocycles. The highest BCUT2D eigenvalue weighted by Gasteiger charge is 2.24. The molecule has 0 aliphatic heterocycles. The van der Waals surface area contributed by atoms with Crippen molar-refractivity contribution in [3.8, 4) is 16.9 Å². The Morgan fingerprint density at radius 2 is 1.26 bits per heavy atom. The molecule has 0 heterocycles. The molecule has 1 aliphatic carbocycles. The molecule has 2 atom stereocenters. The number of benzene rings is 2. The van der Waals surface area contributed by atoms with E-state index in [1.54, 1.807) is 0 Å². The monoisotopic (exact) mass is 424 g/mol. The third kappa shape index (κ3) is 8.31. The lowest BCUT2D eigenvalue weighted by Crippen LogP contribution is -2.20. The number of halogens is 1. The molecule has 0 spiro atoms. The van der Waals surface area contributed by atoms with E-state index in [4.69, 9.17) is 4.74 Å². The molecule has 1 fully saturated rings. The molecule has 1 nitrogen and oxygen atoms in total. The summed E-state index contributed by atoms with van der Waals surface area (Å²) < 4.78 is 19.1. The molecule has 31 heavy (non-hydrogen) atoms. The maximum atomic E-state index is 13.1. The Morgan fingerprint density at radius 3 is 1.90 bits per heavy atom. The van der Waals surface area contributed by atoms with E-state index in [1.807, 2.05) is 24.3 Å². The molecule has 0 bridgehead atoms. The topological polar surface area (TPSA) is 9.23 Å². The Kier molecular flexibility index (Phi) is 10.4. The van der Waals surface area contributed by atoms with Gasteiger partial charge in [-0.15, -0.1) is 0 Å². The highest BCUT2D eigenvalue weighted by atomic mass is 19.1. The van der Waals surface area contributed by atoms with Crippen LogP contribution in [0.15, 0.2) is 48.5 Å². The molecule has 0 amide bonds. The molecule has 2 heteroatoms. The van der Waals surface area contributed by atoms with Crippen molar-refractivity contribution in [3.05, 3.63) is 54.3 Å². The van der Waals surface area contributed by atoms with Gasteiger partial charge in [0.15, 0.2) is 0 Å². The van der Waals surface area contributed by atoms with Crippen LogP contribution < -0.4 is 4.74 Å². The van der Waals surface area contributed by atoms with Crippen LogP contribution in [0.1, 0.15) is 90.4 Å². The number of hydrogen-bond acceptors (Lipinski definition) is 1. The minimum Gasteiger partial charge on any atom is -0.494 e. The molecule has 3 rings (SSSR count). The predicted octanol–water partition coefficient (Wildman–Crippen LogP) is 9.21. The molecule has 1 aliphatic rings. The SMILES string of the molecule is CCCCCCCCC1CCCCC1CCCOc1ccc(-c2ccc(F)cc2)cc1. The molecule has 0 saturated heterocycles. The van der Waals surface area contributed by atoms with Gasteiger partial charge in [-0.2, -0.15) is 0 Å². The minimum atomic E-state index is -0.198. The molecule has 2 aromatic carbocycles. The van der Waals surface area contributed by atoms with Crippen LogP contribution in [0.4, 0.5) is 4.39 Å². The van der Waals surface area contributed by atoms with Gasteiger partial charge in [-0.3, -0.25) is 0 Å². The van der Waals surface area contributed by atoms with Gasteiger partial charge in [0, 0.05) is 0 Å². The maximum absolute atomic E-state index is 13.1. The lowest BCUT2D eigenvalue weighted by Gasteiger charge is -2.32. The van der Waals surface area contributed by atoms with E-state index in [0.29, 0.717) is 0 Å². The summed E-state index contributed by atoms with van der Waals surface area (Å²) in [5.74, 6) is 2.60. The third-order valence-electron chi connectivity index (χ3n) is 7.01. The van der Waals surface area contributed by atoms with Gasteiger partial charge in [0.2, 0.25) is 0 Å². The van der Waals surface area contributed by atoms with Crippen molar-refractivity contribution in [3.63, 3.8) is 0 Å². The second-order valence-corrected chi connectivity index (χ2v) is 9.38. The smallest absolute Gasteiger partial charge is 0.123 e. The standard InChI is InChI=1S/C29H41FO/c1-2-3-4-5-6-7-11-24-12-8-9-13-25(24)14-10-23-31-29-21-17-27(18-22-29)26-15-19-28(30)20-16-26/h15-22,24-25H,2-14,23H2,1H3. The van der Waals surface area contributed by atoms with Gasteiger partial charge in [0.05, 0.1) is 6.61 Å². The quantitative estimate of drug-likeness (QED) is 0.291. The summed E-state index contributed by atoms with van der Waals surface area (Å²) in [5.41, 5.74) is 2.12. The van der Waals surface area contributed by atoms with E-state index in [-0.39, 0.29) is 5.82 Å². The Morgan fingerprint density at radius 1 is 0.710 bits per heavy atom. The Balaban J connectivity index is 1.35. The fourth-order valence-corrected chi connectivity index (χ4v) is 5.15. The number of hydrogen-bond donors (Lipinski definition) is 0. The zero-order valence-corrected chi connectivity index (χ0v) is 19.5. The van der Waals surface area contributed by atoms with Gasteiger partial charge in [0.1, 0.15) is 11.6 Å². The second kappa shape index (κ2) is 13.6. The van der Waals surface area contributed by atoms with Gasteiger partial charge < -0.3 is 4.74 Å². The molecular formula is C29H41FO. The highest BCUT2D eigenvalue weighted by Crippen LogP contribution is 2.36.